The molecule has 0 aliphatic carbocycles. The van der Waals surface area contributed by atoms with E-state index in [2.05, 4.69) is 11.8 Å². The van der Waals surface area contributed by atoms with E-state index in [4.69, 9.17) is 15.2 Å². The fraction of sp³-hybridized carbons (Fsp3) is 0.571. The number of aryl methyl sites for hydroxylation is 1. The molecule has 0 saturated carbocycles. The second kappa shape index (κ2) is 6.07. The Labute approximate surface area is 109 Å². The molecule has 1 aromatic carbocycles. The van der Waals surface area contributed by atoms with Crippen LogP contribution in [0.5, 0.6) is 5.75 Å². The lowest BCUT2D eigenvalue weighted by atomic mass is 10.2. The number of hydrogen-bond acceptors (Lipinski definition) is 4. The van der Waals surface area contributed by atoms with Crippen molar-refractivity contribution in [3.63, 3.8) is 0 Å². The summed E-state index contributed by atoms with van der Waals surface area (Å²) in [5.41, 5.74) is 7.72. The molecule has 1 atom stereocenters. The Kier molecular flexibility index (Phi) is 4.44. The zero-order valence-corrected chi connectivity index (χ0v) is 11.2. The van der Waals surface area contributed by atoms with Gasteiger partial charge in [0.2, 0.25) is 0 Å². The molecule has 1 aromatic rings. The van der Waals surface area contributed by atoms with Gasteiger partial charge in [-0.25, -0.2) is 0 Å². The second-order valence-corrected chi connectivity index (χ2v) is 4.74. The molecule has 100 valence electrons. The summed E-state index contributed by atoms with van der Waals surface area (Å²) < 4.78 is 11.5. The summed E-state index contributed by atoms with van der Waals surface area (Å²) in [7, 11) is 0. The van der Waals surface area contributed by atoms with Crippen LogP contribution in [0.15, 0.2) is 18.2 Å². The minimum absolute atomic E-state index is 0.138. The number of anilines is 1. The first-order valence-electron chi connectivity index (χ1n) is 6.52. The Balaban J connectivity index is 1.89. The molecule has 1 aliphatic rings. The van der Waals surface area contributed by atoms with Crippen molar-refractivity contribution >= 4 is 5.69 Å². The number of likely N-dealkylation sites (N-methyl/N-ethyl adjacent to an activating group) is 1. The summed E-state index contributed by atoms with van der Waals surface area (Å²) in [5, 5.41) is 0. The van der Waals surface area contributed by atoms with Crippen molar-refractivity contribution in [2.24, 2.45) is 0 Å². The van der Waals surface area contributed by atoms with Crippen LogP contribution in [0.4, 0.5) is 5.69 Å². The summed E-state index contributed by atoms with van der Waals surface area (Å²) >= 11 is 0. The van der Waals surface area contributed by atoms with E-state index in [0.717, 1.165) is 37.6 Å². The van der Waals surface area contributed by atoms with E-state index in [1.807, 2.05) is 25.1 Å². The van der Waals surface area contributed by atoms with Crippen LogP contribution in [-0.4, -0.2) is 43.9 Å². The van der Waals surface area contributed by atoms with Gasteiger partial charge in [-0.2, -0.15) is 0 Å². The number of hydrogen-bond donors (Lipinski definition) is 1. The number of nitrogens with zero attached hydrogens (tertiary/aromatic N) is 1. The van der Waals surface area contributed by atoms with Crippen LogP contribution in [0.25, 0.3) is 0 Å². The summed E-state index contributed by atoms with van der Waals surface area (Å²) in [6.07, 6.45) is 0.138. The average molecular weight is 250 g/mol. The van der Waals surface area contributed by atoms with Crippen molar-refractivity contribution in [2.75, 3.05) is 38.6 Å². The number of benzene rings is 1. The van der Waals surface area contributed by atoms with Gasteiger partial charge in [-0.3, -0.25) is 4.90 Å². The lowest BCUT2D eigenvalue weighted by Crippen LogP contribution is -2.44. The standard InChI is InChI=1S/C14H22N2O2/c1-3-16-6-7-17-12(9-16)10-18-14-8-11(2)4-5-13(14)15/h4-5,8,12H,3,6-7,9-10,15H2,1-2H3. The molecule has 1 aliphatic heterocycles. The molecule has 0 bridgehead atoms. The van der Waals surface area contributed by atoms with Gasteiger partial charge in [0.1, 0.15) is 18.5 Å². The summed E-state index contributed by atoms with van der Waals surface area (Å²) in [6.45, 7) is 8.55. The van der Waals surface area contributed by atoms with Crippen molar-refractivity contribution in [2.45, 2.75) is 20.0 Å². The zero-order chi connectivity index (χ0) is 13.0. The number of rotatable bonds is 4. The third-order valence-corrected chi connectivity index (χ3v) is 3.26. The van der Waals surface area contributed by atoms with Crippen molar-refractivity contribution in [3.05, 3.63) is 23.8 Å². The van der Waals surface area contributed by atoms with E-state index in [9.17, 15) is 0 Å². The van der Waals surface area contributed by atoms with Crippen LogP contribution >= 0.6 is 0 Å². The molecule has 1 saturated heterocycles. The van der Waals surface area contributed by atoms with Gasteiger partial charge in [-0.05, 0) is 31.2 Å². The van der Waals surface area contributed by atoms with Gasteiger partial charge < -0.3 is 15.2 Å². The van der Waals surface area contributed by atoms with Crippen molar-refractivity contribution in [1.82, 2.24) is 4.90 Å². The lowest BCUT2D eigenvalue weighted by molar-refractivity contribution is -0.0463. The highest BCUT2D eigenvalue weighted by Gasteiger charge is 2.20. The topological polar surface area (TPSA) is 47.7 Å². The Morgan fingerprint density at radius 1 is 1.50 bits per heavy atom. The molecule has 0 aromatic heterocycles. The SMILES string of the molecule is CCN1CCOC(COc2cc(C)ccc2N)C1. The number of morpholine rings is 1. The fourth-order valence-electron chi connectivity index (χ4n) is 2.12. The molecule has 0 radical (unpaired) electrons. The fourth-order valence-corrected chi connectivity index (χ4v) is 2.12. The lowest BCUT2D eigenvalue weighted by Gasteiger charge is -2.31. The number of nitrogens with two attached hydrogens (primary N) is 1. The van der Waals surface area contributed by atoms with Gasteiger partial charge in [-0.15, -0.1) is 0 Å². The van der Waals surface area contributed by atoms with Gasteiger partial charge in [0.25, 0.3) is 0 Å². The highest BCUT2D eigenvalue weighted by atomic mass is 16.5. The number of ether oxygens (including phenoxy) is 2. The zero-order valence-electron chi connectivity index (χ0n) is 11.2. The van der Waals surface area contributed by atoms with E-state index >= 15 is 0 Å². The van der Waals surface area contributed by atoms with Crippen LogP contribution in [0.3, 0.4) is 0 Å². The van der Waals surface area contributed by atoms with Crippen LogP contribution in [-0.2, 0) is 4.74 Å². The highest BCUT2D eigenvalue weighted by molar-refractivity contribution is 5.53. The third-order valence-electron chi connectivity index (χ3n) is 3.26. The molecule has 18 heavy (non-hydrogen) atoms. The minimum Gasteiger partial charge on any atom is -0.489 e. The Morgan fingerprint density at radius 2 is 2.33 bits per heavy atom. The predicted octanol–water partition coefficient (Wildman–Crippen LogP) is 1.68. The van der Waals surface area contributed by atoms with Gasteiger partial charge >= 0.3 is 0 Å². The van der Waals surface area contributed by atoms with Crippen LogP contribution in [0.2, 0.25) is 0 Å². The molecule has 1 heterocycles. The van der Waals surface area contributed by atoms with Gasteiger partial charge in [0.15, 0.2) is 0 Å². The highest BCUT2D eigenvalue weighted by Crippen LogP contribution is 2.22. The molecule has 0 spiro atoms. The second-order valence-electron chi connectivity index (χ2n) is 4.74. The first-order chi connectivity index (χ1) is 8.69. The molecule has 0 amide bonds. The summed E-state index contributed by atoms with van der Waals surface area (Å²) in [6, 6.07) is 5.83. The van der Waals surface area contributed by atoms with Crippen molar-refractivity contribution in [3.8, 4) is 5.75 Å². The van der Waals surface area contributed by atoms with E-state index < -0.39 is 0 Å². The van der Waals surface area contributed by atoms with Crippen molar-refractivity contribution < 1.29 is 9.47 Å². The predicted molar refractivity (Wildman–Crippen MR) is 72.9 cm³/mol. The maximum absolute atomic E-state index is 5.88. The number of nitrogen functional groups attached to an aromatic ring is 1. The van der Waals surface area contributed by atoms with Crippen LogP contribution in [0.1, 0.15) is 12.5 Å². The van der Waals surface area contributed by atoms with E-state index in [-0.39, 0.29) is 6.10 Å². The Hall–Kier alpha value is -1.26. The molecule has 4 heteroatoms. The van der Waals surface area contributed by atoms with Gasteiger partial charge in [0.05, 0.1) is 12.3 Å². The molecule has 1 fully saturated rings. The van der Waals surface area contributed by atoms with E-state index in [0.29, 0.717) is 12.3 Å². The van der Waals surface area contributed by atoms with Gasteiger partial charge in [-0.1, -0.05) is 13.0 Å². The van der Waals surface area contributed by atoms with Crippen LogP contribution < -0.4 is 10.5 Å². The van der Waals surface area contributed by atoms with Crippen molar-refractivity contribution in [1.29, 1.82) is 0 Å². The molecule has 1 unspecified atom stereocenters. The molecule has 2 N–H and O–H groups in total. The minimum atomic E-state index is 0.138. The molecule has 4 nitrogen and oxygen atoms in total. The van der Waals surface area contributed by atoms with Gasteiger partial charge in [0, 0.05) is 13.1 Å². The maximum atomic E-state index is 5.88. The van der Waals surface area contributed by atoms with E-state index in [1.54, 1.807) is 0 Å². The largest absolute Gasteiger partial charge is 0.489 e. The molecule has 2 rings (SSSR count). The third kappa shape index (κ3) is 3.37. The normalized spacial score (nSPS) is 20.9. The summed E-state index contributed by atoms with van der Waals surface area (Å²) in [5.74, 6) is 0.757. The Bertz CT molecular complexity index is 395. The first-order valence-corrected chi connectivity index (χ1v) is 6.52. The first kappa shape index (κ1) is 13.2. The van der Waals surface area contributed by atoms with Crippen LogP contribution in [0, 0.1) is 6.92 Å². The van der Waals surface area contributed by atoms with E-state index in [1.165, 1.54) is 0 Å². The quantitative estimate of drug-likeness (QED) is 0.826. The smallest absolute Gasteiger partial charge is 0.142 e. The summed E-state index contributed by atoms with van der Waals surface area (Å²) in [4.78, 5) is 2.37. The maximum Gasteiger partial charge on any atom is 0.142 e. The molecular formula is C14H22N2O2. The Morgan fingerprint density at radius 3 is 3.11 bits per heavy atom. The monoisotopic (exact) mass is 250 g/mol. The molecular weight excluding hydrogens is 228 g/mol. The average Bonchev–Trinajstić information content (AvgIpc) is 2.40.